The SMILES string of the molecule is C#CCNCC(=O)NCC(C(C)C)N(C)C. The Labute approximate surface area is 98.8 Å². The van der Waals surface area contributed by atoms with Crippen LogP contribution in [0, 0.1) is 18.3 Å². The van der Waals surface area contributed by atoms with E-state index in [1.807, 2.05) is 14.1 Å². The van der Waals surface area contributed by atoms with E-state index >= 15 is 0 Å². The van der Waals surface area contributed by atoms with Gasteiger partial charge >= 0.3 is 0 Å². The highest BCUT2D eigenvalue weighted by Gasteiger charge is 2.16. The summed E-state index contributed by atoms with van der Waals surface area (Å²) in [5.41, 5.74) is 0. The van der Waals surface area contributed by atoms with Crippen molar-refractivity contribution in [3.05, 3.63) is 0 Å². The van der Waals surface area contributed by atoms with Crippen LogP contribution in [0.2, 0.25) is 0 Å². The standard InChI is InChI=1S/C12H23N3O/c1-6-7-13-9-12(16)14-8-11(10(2)3)15(4)5/h1,10-11,13H,7-9H2,2-5H3,(H,14,16). The fourth-order valence-corrected chi connectivity index (χ4v) is 1.54. The topological polar surface area (TPSA) is 44.4 Å². The van der Waals surface area contributed by atoms with Crippen molar-refractivity contribution in [2.45, 2.75) is 19.9 Å². The molecule has 4 heteroatoms. The number of amides is 1. The molecule has 16 heavy (non-hydrogen) atoms. The van der Waals surface area contributed by atoms with Crippen molar-refractivity contribution in [3.8, 4) is 12.3 Å². The first-order valence-electron chi connectivity index (χ1n) is 5.56. The van der Waals surface area contributed by atoms with Crippen molar-refractivity contribution in [3.63, 3.8) is 0 Å². The summed E-state index contributed by atoms with van der Waals surface area (Å²) < 4.78 is 0. The summed E-state index contributed by atoms with van der Waals surface area (Å²) in [6.45, 7) is 5.67. The van der Waals surface area contributed by atoms with E-state index in [1.165, 1.54) is 0 Å². The zero-order chi connectivity index (χ0) is 12.6. The largest absolute Gasteiger partial charge is 0.353 e. The first kappa shape index (κ1) is 14.9. The molecule has 0 saturated heterocycles. The number of nitrogens with one attached hydrogen (secondary N) is 2. The Morgan fingerprint density at radius 3 is 2.50 bits per heavy atom. The molecule has 2 N–H and O–H groups in total. The molecule has 1 atom stereocenters. The number of carbonyl (C=O) groups is 1. The molecule has 1 unspecified atom stereocenters. The van der Waals surface area contributed by atoms with Crippen LogP contribution in [-0.4, -0.2) is 50.6 Å². The van der Waals surface area contributed by atoms with Crippen molar-refractivity contribution >= 4 is 5.91 Å². The molecule has 4 nitrogen and oxygen atoms in total. The van der Waals surface area contributed by atoms with Gasteiger partial charge in [-0.3, -0.25) is 10.1 Å². The molecule has 0 fully saturated rings. The molecule has 0 rings (SSSR count). The minimum atomic E-state index is -0.0113. The number of nitrogens with zero attached hydrogens (tertiary/aromatic N) is 1. The van der Waals surface area contributed by atoms with Gasteiger partial charge in [-0.2, -0.15) is 0 Å². The van der Waals surface area contributed by atoms with Crippen molar-refractivity contribution < 1.29 is 4.79 Å². The summed E-state index contributed by atoms with van der Waals surface area (Å²) in [4.78, 5) is 13.5. The van der Waals surface area contributed by atoms with E-state index in [-0.39, 0.29) is 12.5 Å². The van der Waals surface area contributed by atoms with E-state index in [4.69, 9.17) is 6.42 Å². The minimum absolute atomic E-state index is 0.0113. The molecule has 0 aliphatic heterocycles. The molecule has 92 valence electrons. The lowest BCUT2D eigenvalue weighted by Crippen LogP contribution is -2.45. The van der Waals surface area contributed by atoms with Crippen LogP contribution < -0.4 is 10.6 Å². The molecule has 0 heterocycles. The van der Waals surface area contributed by atoms with Gasteiger partial charge in [0, 0.05) is 12.6 Å². The Hall–Kier alpha value is -1.05. The third-order valence-corrected chi connectivity index (χ3v) is 2.45. The molecule has 0 bridgehead atoms. The zero-order valence-electron chi connectivity index (χ0n) is 10.7. The molecule has 0 aromatic rings. The third-order valence-electron chi connectivity index (χ3n) is 2.45. The van der Waals surface area contributed by atoms with Crippen LogP contribution in [0.25, 0.3) is 0 Å². The van der Waals surface area contributed by atoms with Crippen molar-refractivity contribution in [1.29, 1.82) is 0 Å². The number of hydrogen-bond acceptors (Lipinski definition) is 3. The van der Waals surface area contributed by atoms with Gasteiger partial charge in [-0.05, 0) is 20.0 Å². The van der Waals surface area contributed by atoms with Crippen LogP contribution in [0.15, 0.2) is 0 Å². The van der Waals surface area contributed by atoms with Gasteiger partial charge in [0.05, 0.1) is 13.1 Å². The van der Waals surface area contributed by atoms with Crippen molar-refractivity contribution in [1.82, 2.24) is 15.5 Å². The second kappa shape index (κ2) is 8.14. The van der Waals surface area contributed by atoms with Crippen LogP contribution in [0.4, 0.5) is 0 Å². The quantitative estimate of drug-likeness (QED) is 0.470. The maximum absolute atomic E-state index is 11.4. The Bertz CT molecular complexity index is 235. The second-order valence-electron chi connectivity index (χ2n) is 4.39. The van der Waals surface area contributed by atoms with Gasteiger partial charge in [0.15, 0.2) is 0 Å². The number of terminal acetylenes is 1. The normalized spacial score (nSPS) is 12.6. The van der Waals surface area contributed by atoms with Gasteiger partial charge in [-0.15, -0.1) is 6.42 Å². The van der Waals surface area contributed by atoms with Crippen LogP contribution in [0.3, 0.4) is 0 Å². The molecule has 0 aromatic heterocycles. The predicted molar refractivity (Wildman–Crippen MR) is 67.0 cm³/mol. The summed E-state index contributed by atoms with van der Waals surface area (Å²) in [5.74, 6) is 2.92. The van der Waals surface area contributed by atoms with Crippen LogP contribution in [-0.2, 0) is 4.79 Å². The summed E-state index contributed by atoms with van der Waals surface area (Å²) in [5, 5.41) is 5.75. The zero-order valence-corrected chi connectivity index (χ0v) is 10.7. The lowest BCUT2D eigenvalue weighted by molar-refractivity contribution is -0.120. The molecule has 0 saturated carbocycles. The van der Waals surface area contributed by atoms with Crippen molar-refractivity contribution in [2.75, 3.05) is 33.7 Å². The Balaban J connectivity index is 3.84. The number of likely N-dealkylation sites (N-methyl/N-ethyl adjacent to an activating group) is 1. The van der Waals surface area contributed by atoms with Crippen LogP contribution in [0.5, 0.6) is 0 Å². The number of carbonyl (C=O) groups excluding carboxylic acids is 1. The van der Waals surface area contributed by atoms with Gasteiger partial charge in [0.1, 0.15) is 0 Å². The van der Waals surface area contributed by atoms with E-state index < -0.39 is 0 Å². The number of hydrogen-bond donors (Lipinski definition) is 2. The van der Waals surface area contributed by atoms with E-state index in [9.17, 15) is 4.79 Å². The van der Waals surface area contributed by atoms with Gasteiger partial charge in [-0.25, -0.2) is 0 Å². The fourth-order valence-electron chi connectivity index (χ4n) is 1.54. The van der Waals surface area contributed by atoms with E-state index in [0.717, 1.165) is 0 Å². The molecule has 1 amide bonds. The van der Waals surface area contributed by atoms with Crippen molar-refractivity contribution in [2.24, 2.45) is 5.92 Å². The molecule has 0 radical (unpaired) electrons. The van der Waals surface area contributed by atoms with Gasteiger partial charge in [-0.1, -0.05) is 19.8 Å². The predicted octanol–water partition coefficient (Wildman–Crippen LogP) is -0.0884. The second-order valence-corrected chi connectivity index (χ2v) is 4.39. The lowest BCUT2D eigenvalue weighted by atomic mass is 10.0. The van der Waals surface area contributed by atoms with Gasteiger partial charge in [0.2, 0.25) is 5.91 Å². The average molecular weight is 225 g/mol. The van der Waals surface area contributed by atoms with Crippen LogP contribution in [0.1, 0.15) is 13.8 Å². The third kappa shape index (κ3) is 6.44. The highest BCUT2D eigenvalue weighted by molar-refractivity contribution is 5.78. The Morgan fingerprint density at radius 1 is 1.44 bits per heavy atom. The van der Waals surface area contributed by atoms with Gasteiger partial charge < -0.3 is 10.2 Å². The fraction of sp³-hybridized carbons (Fsp3) is 0.750. The molecular weight excluding hydrogens is 202 g/mol. The smallest absolute Gasteiger partial charge is 0.234 e. The van der Waals surface area contributed by atoms with E-state index in [2.05, 4.69) is 35.3 Å². The average Bonchev–Trinajstić information content (AvgIpc) is 2.17. The maximum atomic E-state index is 11.4. The Kier molecular flexibility index (Phi) is 7.61. The summed E-state index contributed by atoms with van der Waals surface area (Å²) >= 11 is 0. The maximum Gasteiger partial charge on any atom is 0.234 e. The highest BCUT2D eigenvalue weighted by atomic mass is 16.1. The first-order chi connectivity index (χ1) is 7.49. The monoisotopic (exact) mass is 225 g/mol. The molecule has 0 aliphatic rings. The lowest BCUT2D eigenvalue weighted by Gasteiger charge is -2.28. The molecule has 0 spiro atoms. The van der Waals surface area contributed by atoms with E-state index in [1.54, 1.807) is 0 Å². The Morgan fingerprint density at radius 2 is 2.06 bits per heavy atom. The summed E-state index contributed by atoms with van der Waals surface area (Å²) in [6, 6.07) is 0.358. The first-order valence-corrected chi connectivity index (χ1v) is 5.56. The summed E-state index contributed by atoms with van der Waals surface area (Å²) in [7, 11) is 4.04. The van der Waals surface area contributed by atoms with Crippen LogP contribution >= 0.6 is 0 Å². The minimum Gasteiger partial charge on any atom is -0.353 e. The number of rotatable bonds is 7. The molecule has 0 aliphatic carbocycles. The molecular formula is C12H23N3O. The van der Waals surface area contributed by atoms with E-state index in [0.29, 0.717) is 25.0 Å². The summed E-state index contributed by atoms with van der Waals surface area (Å²) in [6.07, 6.45) is 5.07. The van der Waals surface area contributed by atoms with Gasteiger partial charge in [0.25, 0.3) is 0 Å². The molecule has 0 aromatic carbocycles. The highest BCUT2D eigenvalue weighted by Crippen LogP contribution is 2.05.